The Morgan fingerprint density at radius 1 is 1.26 bits per heavy atom. The van der Waals surface area contributed by atoms with Crippen LogP contribution < -0.4 is 10.1 Å². The second kappa shape index (κ2) is 8.54. The first-order chi connectivity index (χ1) is 14.8. The van der Waals surface area contributed by atoms with Crippen molar-refractivity contribution >= 4 is 17.5 Å². The molecule has 1 aliphatic rings. The van der Waals surface area contributed by atoms with Crippen LogP contribution in [-0.2, 0) is 12.7 Å². The van der Waals surface area contributed by atoms with Gasteiger partial charge >= 0.3 is 6.18 Å². The van der Waals surface area contributed by atoms with Crippen molar-refractivity contribution in [3.8, 4) is 16.9 Å². The number of rotatable bonds is 7. The van der Waals surface area contributed by atoms with Crippen molar-refractivity contribution in [2.75, 3.05) is 6.61 Å². The number of hydrogen-bond donors (Lipinski definition) is 1. The Balaban J connectivity index is 1.51. The number of nitrogens with zero attached hydrogens (tertiary/aromatic N) is 3. The topological polar surface area (TPSA) is 90.1 Å². The van der Waals surface area contributed by atoms with Crippen LogP contribution in [0.2, 0.25) is 5.02 Å². The molecule has 1 aliphatic carbocycles. The van der Waals surface area contributed by atoms with E-state index in [2.05, 4.69) is 25.0 Å². The van der Waals surface area contributed by atoms with Crippen molar-refractivity contribution in [1.29, 1.82) is 0 Å². The van der Waals surface area contributed by atoms with Gasteiger partial charge in [-0.2, -0.15) is 18.2 Å². The Morgan fingerprint density at radius 2 is 2.00 bits per heavy atom. The molecule has 0 unspecified atom stereocenters. The van der Waals surface area contributed by atoms with Crippen LogP contribution in [0.1, 0.15) is 35.0 Å². The fourth-order valence-electron chi connectivity index (χ4n) is 2.72. The molecule has 0 atom stereocenters. The summed E-state index contributed by atoms with van der Waals surface area (Å²) in [6, 6.07) is 8.57. The van der Waals surface area contributed by atoms with Gasteiger partial charge in [0.05, 0.1) is 19.3 Å². The van der Waals surface area contributed by atoms with E-state index < -0.39 is 17.9 Å². The molecule has 0 spiro atoms. The summed E-state index contributed by atoms with van der Waals surface area (Å²) in [5.74, 6) is -1.34. The van der Waals surface area contributed by atoms with Crippen LogP contribution in [0, 0.1) is 5.92 Å². The summed E-state index contributed by atoms with van der Waals surface area (Å²) in [6.45, 7) is 0.187. The maximum absolute atomic E-state index is 12.5. The second-order valence-electron chi connectivity index (χ2n) is 7.02. The smallest absolute Gasteiger partial charge is 0.455 e. The minimum Gasteiger partial charge on any atom is -0.491 e. The third-order valence-electron chi connectivity index (χ3n) is 4.55. The van der Waals surface area contributed by atoms with E-state index >= 15 is 0 Å². The lowest BCUT2D eigenvalue weighted by Crippen LogP contribution is -2.24. The molecule has 1 aromatic carbocycles. The van der Waals surface area contributed by atoms with E-state index in [-0.39, 0.29) is 18.1 Å². The van der Waals surface area contributed by atoms with Crippen LogP contribution in [0.5, 0.6) is 5.75 Å². The van der Waals surface area contributed by atoms with Crippen molar-refractivity contribution in [3.63, 3.8) is 0 Å². The molecule has 7 nitrogen and oxygen atoms in total. The molecule has 0 saturated heterocycles. The molecular formula is C20H16ClF3N4O3. The van der Waals surface area contributed by atoms with Gasteiger partial charge in [0.2, 0.25) is 5.89 Å². The van der Waals surface area contributed by atoms with Gasteiger partial charge in [-0.3, -0.25) is 4.79 Å². The third kappa shape index (κ3) is 5.32. The van der Waals surface area contributed by atoms with E-state index in [4.69, 9.17) is 16.3 Å². The Kier molecular flexibility index (Phi) is 5.81. The van der Waals surface area contributed by atoms with Gasteiger partial charge in [0, 0.05) is 10.6 Å². The lowest BCUT2D eigenvalue weighted by molar-refractivity contribution is -0.146. The SMILES string of the molecule is O=C(NCc1nc(C(F)(F)F)no1)c1cc(-c2ccc(Cl)cc2)c(OCC2CC2)cn1. The molecule has 0 aliphatic heterocycles. The van der Waals surface area contributed by atoms with Gasteiger partial charge in [0.1, 0.15) is 11.4 Å². The number of alkyl halides is 3. The van der Waals surface area contributed by atoms with E-state index in [1.807, 2.05) is 0 Å². The number of aromatic nitrogens is 3. The average Bonchev–Trinajstić information content (AvgIpc) is 3.44. The molecule has 2 heterocycles. The first kappa shape index (κ1) is 21.1. The highest BCUT2D eigenvalue weighted by Crippen LogP contribution is 2.34. The van der Waals surface area contributed by atoms with Gasteiger partial charge < -0.3 is 14.6 Å². The van der Waals surface area contributed by atoms with E-state index in [9.17, 15) is 18.0 Å². The number of pyridine rings is 1. The van der Waals surface area contributed by atoms with Crippen LogP contribution >= 0.6 is 11.6 Å². The quantitative estimate of drug-likeness (QED) is 0.566. The molecule has 162 valence electrons. The number of halogens is 4. The lowest BCUT2D eigenvalue weighted by Gasteiger charge is -2.13. The van der Waals surface area contributed by atoms with Crippen molar-refractivity contribution in [3.05, 3.63) is 59.0 Å². The zero-order chi connectivity index (χ0) is 22.0. The summed E-state index contributed by atoms with van der Waals surface area (Å²) in [4.78, 5) is 19.8. The van der Waals surface area contributed by atoms with Crippen molar-refractivity contribution in [1.82, 2.24) is 20.4 Å². The number of hydrogen-bond acceptors (Lipinski definition) is 6. The Morgan fingerprint density at radius 3 is 2.65 bits per heavy atom. The highest BCUT2D eigenvalue weighted by molar-refractivity contribution is 6.30. The Bertz CT molecular complexity index is 1080. The van der Waals surface area contributed by atoms with Crippen molar-refractivity contribution in [2.45, 2.75) is 25.6 Å². The van der Waals surface area contributed by atoms with Gasteiger partial charge in [-0.25, -0.2) is 4.98 Å². The van der Waals surface area contributed by atoms with Crippen molar-refractivity contribution < 1.29 is 27.2 Å². The van der Waals surface area contributed by atoms with Gasteiger partial charge in [0.25, 0.3) is 11.7 Å². The number of benzene rings is 1. The number of carbonyl (C=O) groups is 1. The van der Waals surface area contributed by atoms with Crippen molar-refractivity contribution in [2.24, 2.45) is 5.92 Å². The van der Waals surface area contributed by atoms with Crippen LogP contribution in [0.4, 0.5) is 13.2 Å². The fourth-order valence-corrected chi connectivity index (χ4v) is 2.84. The zero-order valence-corrected chi connectivity index (χ0v) is 16.7. The molecule has 2 aromatic heterocycles. The van der Waals surface area contributed by atoms with Gasteiger partial charge in [0.15, 0.2) is 0 Å². The molecule has 4 rings (SSSR count). The van der Waals surface area contributed by atoms with E-state index in [0.29, 0.717) is 28.9 Å². The second-order valence-corrected chi connectivity index (χ2v) is 7.46. The highest BCUT2D eigenvalue weighted by Gasteiger charge is 2.37. The maximum atomic E-state index is 12.5. The average molecular weight is 453 g/mol. The number of carbonyl (C=O) groups excluding carboxylic acids is 1. The molecule has 31 heavy (non-hydrogen) atoms. The first-order valence-electron chi connectivity index (χ1n) is 9.36. The predicted octanol–water partition coefficient (Wildman–Crippen LogP) is 4.52. The van der Waals surface area contributed by atoms with Gasteiger partial charge in [-0.15, -0.1) is 0 Å². The van der Waals surface area contributed by atoms with Crippen LogP contribution in [-0.4, -0.2) is 27.6 Å². The predicted molar refractivity (Wildman–Crippen MR) is 103 cm³/mol. The molecule has 1 fully saturated rings. The normalized spacial score (nSPS) is 13.8. The van der Waals surface area contributed by atoms with E-state index in [1.165, 1.54) is 6.20 Å². The fraction of sp³-hybridized carbons (Fsp3) is 0.300. The summed E-state index contributed by atoms with van der Waals surface area (Å²) < 4.78 is 48.0. The number of ether oxygens (including phenoxy) is 1. The van der Waals surface area contributed by atoms with E-state index in [0.717, 1.165) is 18.4 Å². The minimum absolute atomic E-state index is 0.0549. The number of nitrogens with one attached hydrogen (secondary N) is 1. The molecule has 1 N–H and O–H groups in total. The Labute approximate surface area is 179 Å². The molecule has 11 heteroatoms. The molecule has 0 radical (unpaired) electrons. The minimum atomic E-state index is -4.73. The van der Waals surface area contributed by atoms with Gasteiger partial charge in [-0.05, 0) is 42.5 Å². The summed E-state index contributed by atoms with van der Waals surface area (Å²) in [7, 11) is 0. The molecular weight excluding hydrogens is 437 g/mol. The molecule has 1 saturated carbocycles. The van der Waals surface area contributed by atoms with E-state index in [1.54, 1.807) is 30.3 Å². The first-order valence-corrected chi connectivity index (χ1v) is 9.74. The molecule has 3 aromatic rings. The molecule has 0 bridgehead atoms. The van der Waals surface area contributed by atoms with Crippen LogP contribution in [0.3, 0.4) is 0 Å². The third-order valence-corrected chi connectivity index (χ3v) is 4.80. The largest absolute Gasteiger partial charge is 0.491 e. The summed E-state index contributed by atoms with van der Waals surface area (Å²) >= 11 is 5.96. The standard InChI is InChI=1S/C20H16ClF3N4O3/c21-13-5-3-12(4-6-13)14-7-15(25-8-16(14)30-10-11-1-2-11)18(29)26-9-17-27-19(28-31-17)20(22,23)24/h3-8,11H,1-2,9-10H2,(H,26,29). The molecule has 1 amide bonds. The zero-order valence-electron chi connectivity index (χ0n) is 15.9. The Hall–Kier alpha value is -3.14. The monoisotopic (exact) mass is 452 g/mol. The summed E-state index contributed by atoms with van der Waals surface area (Å²) in [5.41, 5.74) is 1.48. The van der Waals surface area contributed by atoms with Crippen LogP contribution in [0.25, 0.3) is 11.1 Å². The summed E-state index contributed by atoms with van der Waals surface area (Å²) in [6.07, 6.45) is -1.03. The van der Waals surface area contributed by atoms with Crippen LogP contribution in [0.15, 0.2) is 41.1 Å². The maximum Gasteiger partial charge on any atom is 0.455 e. The number of amides is 1. The lowest BCUT2D eigenvalue weighted by atomic mass is 10.0. The summed E-state index contributed by atoms with van der Waals surface area (Å²) in [5, 5.41) is 5.83. The van der Waals surface area contributed by atoms with Gasteiger partial charge in [-0.1, -0.05) is 28.9 Å². The highest BCUT2D eigenvalue weighted by atomic mass is 35.5.